The van der Waals surface area contributed by atoms with Crippen LogP contribution in [0.15, 0.2) is 18.2 Å². The Kier molecular flexibility index (Phi) is 4.78. The van der Waals surface area contributed by atoms with E-state index in [4.69, 9.17) is 9.47 Å². The maximum atomic E-state index is 13.2. The van der Waals surface area contributed by atoms with Crippen LogP contribution < -0.4 is 0 Å². The summed E-state index contributed by atoms with van der Waals surface area (Å²) in [5, 5.41) is 0. The first-order valence-corrected chi connectivity index (χ1v) is 5.56. The van der Waals surface area contributed by atoms with Crippen molar-refractivity contribution in [2.45, 2.75) is 26.4 Å². The normalized spacial score (nSPS) is 11.4. The average Bonchev–Trinajstić information content (AvgIpc) is 2.26. The van der Waals surface area contributed by atoms with Crippen molar-refractivity contribution < 1.29 is 23.0 Å². The number of esters is 1. The van der Waals surface area contributed by atoms with Gasteiger partial charge >= 0.3 is 5.97 Å². The third-order valence-electron chi connectivity index (χ3n) is 2.02. The quantitative estimate of drug-likeness (QED) is 0.615. The van der Waals surface area contributed by atoms with Crippen molar-refractivity contribution in [3.05, 3.63) is 35.4 Å². The van der Waals surface area contributed by atoms with Crippen LogP contribution in [0, 0.1) is 11.6 Å². The van der Waals surface area contributed by atoms with Gasteiger partial charge in [-0.15, -0.1) is 0 Å². The van der Waals surface area contributed by atoms with Crippen molar-refractivity contribution >= 4 is 5.97 Å². The van der Waals surface area contributed by atoms with Crippen molar-refractivity contribution in [1.29, 1.82) is 0 Å². The molecule has 100 valence electrons. The summed E-state index contributed by atoms with van der Waals surface area (Å²) >= 11 is 0. The Hall–Kier alpha value is -1.49. The SMILES string of the molecule is CC(C)(C)OCCOC(=O)c1cccc(F)c1F. The van der Waals surface area contributed by atoms with E-state index in [9.17, 15) is 13.6 Å². The van der Waals surface area contributed by atoms with E-state index < -0.39 is 23.2 Å². The summed E-state index contributed by atoms with van der Waals surface area (Å²) in [6, 6.07) is 3.36. The Balaban J connectivity index is 2.49. The fourth-order valence-electron chi connectivity index (χ4n) is 1.22. The molecule has 0 amide bonds. The highest BCUT2D eigenvalue weighted by Crippen LogP contribution is 2.12. The van der Waals surface area contributed by atoms with Crippen LogP contribution in [0.25, 0.3) is 0 Å². The predicted molar refractivity (Wildman–Crippen MR) is 62.3 cm³/mol. The zero-order valence-electron chi connectivity index (χ0n) is 10.6. The Bertz CT molecular complexity index is 425. The lowest BCUT2D eigenvalue weighted by atomic mass is 10.2. The van der Waals surface area contributed by atoms with Crippen LogP contribution in [0.5, 0.6) is 0 Å². The summed E-state index contributed by atoms with van der Waals surface area (Å²) in [5.74, 6) is -3.17. The highest BCUT2D eigenvalue weighted by Gasteiger charge is 2.16. The molecular formula is C13H16F2O3. The van der Waals surface area contributed by atoms with Crippen molar-refractivity contribution in [1.82, 2.24) is 0 Å². The molecule has 18 heavy (non-hydrogen) atoms. The van der Waals surface area contributed by atoms with Gasteiger partial charge in [-0.2, -0.15) is 0 Å². The lowest BCUT2D eigenvalue weighted by Gasteiger charge is -2.19. The number of ether oxygens (including phenoxy) is 2. The molecule has 3 nitrogen and oxygen atoms in total. The van der Waals surface area contributed by atoms with Gasteiger partial charge in [-0.1, -0.05) is 6.07 Å². The molecule has 0 saturated heterocycles. The van der Waals surface area contributed by atoms with Gasteiger partial charge < -0.3 is 9.47 Å². The Morgan fingerprint density at radius 1 is 1.22 bits per heavy atom. The second-order valence-electron chi connectivity index (χ2n) is 4.70. The summed E-state index contributed by atoms with van der Waals surface area (Å²) in [6.45, 7) is 5.78. The van der Waals surface area contributed by atoms with Crippen LogP contribution in [-0.4, -0.2) is 24.8 Å². The van der Waals surface area contributed by atoms with Crippen molar-refractivity contribution in [2.24, 2.45) is 0 Å². The molecule has 0 unspecified atom stereocenters. The molecule has 0 spiro atoms. The van der Waals surface area contributed by atoms with Gasteiger partial charge in [-0.05, 0) is 32.9 Å². The first-order chi connectivity index (χ1) is 8.31. The van der Waals surface area contributed by atoms with E-state index in [1.807, 2.05) is 20.8 Å². The number of halogens is 2. The zero-order chi connectivity index (χ0) is 13.8. The lowest BCUT2D eigenvalue weighted by molar-refractivity contribution is -0.0282. The molecule has 0 bridgehead atoms. The van der Waals surface area contributed by atoms with Gasteiger partial charge in [0.25, 0.3) is 0 Å². The van der Waals surface area contributed by atoms with E-state index in [1.54, 1.807) is 0 Å². The van der Waals surface area contributed by atoms with Crippen LogP contribution in [0.2, 0.25) is 0 Å². The van der Waals surface area contributed by atoms with Gasteiger partial charge in [0, 0.05) is 0 Å². The van der Waals surface area contributed by atoms with Gasteiger partial charge in [-0.25, -0.2) is 13.6 Å². The molecule has 1 aromatic carbocycles. The van der Waals surface area contributed by atoms with Crippen molar-refractivity contribution in [3.63, 3.8) is 0 Å². The highest BCUT2D eigenvalue weighted by molar-refractivity contribution is 5.89. The molecular weight excluding hydrogens is 242 g/mol. The fourth-order valence-corrected chi connectivity index (χ4v) is 1.22. The van der Waals surface area contributed by atoms with E-state index in [2.05, 4.69) is 0 Å². The smallest absolute Gasteiger partial charge is 0.341 e. The highest BCUT2D eigenvalue weighted by atomic mass is 19.2. The van der Waals surface area contributed by atoms with Crippen LogP contribution in [0.4, 0.5) is 8.78 Å². The minimum Gasteiger partial charge on any atom is -0.460 e. The molecule has 0 aromatic heterocycles. The number of carbonyl (C=O) groups is 1. The second-order valence-corrected chi connectivity index (χ2v) is 4.70. The van der Waals surface area contributed by atoms with Gasteiger partial charge in [0.15, 0.2) is 11.6 Å². The Labute approximate surface area is 105 Å². The molecule has 0 aliphatic heterocycles. The summed E-state index contributed by atoms with van der Waals surface area (Å²) in [5.41, 5.74) is -0.748. The zero-order valence-corrected chi connectivity index (χ0v) is 10.6. The molecule has 1 rings (SSSR count). The maximum absolute atomic E-state index is 13.2. The van der Waals surface area contributed by atoms with Gasteiger partial charge in [-0.3, -0.25) is 0 Å². The number of hydrogen-bond donors (Lipinski definition) is 0. The fraction of sp³-hybridized carbons (Fsp3) is 0.462. The number of carbonyl (C=O) groups excluding carboxylic acids is 1. The topological polar surface area (TPSA) is 35.5 Å². The van der Waals surface area contributed by atoms with Crippen molar-refractivity contribution in [3.8, 4) is 0 Å². The number of benzene rings is 1. The van der Waals surface area contributed by atoms with Crippen LogP contribution in [-0.2, 0) is 9.47 Å². The number of rotatable bonds is 4. The molecule has 0 N–H and O–H groups in total. The first kappa shape index (κ1) is 14.6. The van der Waals surface area contributed by atoms with Gasteiger partial charge in [0.1, 0.15) is 6.61 Å². The summed E-state index contributed by atoms with van der Waals surface area (Å²) in [4.78, 5) is 11.5. The average molecular weight is 258 g/mol. The van der Waals surface area contributed by atoms with E-state index in [0.29, 0.717) is 0 Å². The molecule has 0 aliphatic carbocycles. The molecule has 5 heteroatoms. The van der Waals surface area contributed by atoms with Crippen LogP contribution >= 0.6 is 0 Å². The molecule has 0 radical (unpaired) electrons. The molecule has 0 saturated carbocycles. The minimum atomic E-state index is -1.20. The van der Waals surface area contributed by atoms with Gasteiger partial charge in [0.05, 0.1) is 17.8 Å². The Morgan fingerprint density at radius 2 is 1.89 bits per heavy atom. The molecule has 0 atom stereocenters. The van der Waals surface area contributed by atoms with E-state index in [-0.39, 0.29) is 18.8 Å². The summed E-state index contributed by atoms with van der Waals surface area (Å²) in [7, 11) is 0. The Morgan fingerprint density at radius 3 is 2.50 bits per heavy atom. The molecule has 0 heterocycles. The molecule has 1 aromatic rings. The third-order valence-corrected chi connectivity index (χ3v) is 2.02. The third kappa shape index (κ3) is 4.41. The number of hydrogen-bond acceptors (Lipinski definition) is 3. The van der Waals surface area contributed by atoms with Gasteiger partial charge in [0.2, 0.25) is 0 Å². The minimum absolute atomic E-state index is 0.00788. The predicted octanol–water partition coefficient (Wildman–Crippen LogP) is 2.94. The standard InChI is InChI=1S/C13H16F2O3/c1-13(2,3)18-8-7-17-12(16)9-5-4-6-10(14)11(9)15/h4-6H,7-8H2,1-3H3. The van der Waals surface area contributed by atoms with E-state index >= 15 is 0 Å². The largest absolute Gasteiger partial charge is 0.460 e. The summed E-state index contributed by atoms with van der Waals surface area (Å²) in [6.07, 6.45) is 0. The van der Waals surface area contributed by atoms with Crippen molar-refractivity contribution in [2.75, 3.05) is 13.2 Å². The second kappa shape index (κ2) is 5.91. The van der Waals surface area contributed by atoms with E-state index in [1.165, 1.54) is 12.1 Å². The summed E-state index contributed by atoms with van der Waals surface area (Å²) < 4.78 is 36.2. The molecule has 0 aliphatic rings. The van der Waals surface area contributed by atoms with Crippen LogP contribution in [0.3, 0.4) is 0 Å². The lowest BCUT2D eigenvalue weighted by Crippen LogP contribution is -2.22. The first-order valence-electron chi connectivity index (χ1n) is 5.56. The maximum Gasteiger partial charge on any atom is 0.341 e. The monoisotopic (exact) mass is 258 g/mol. The van der Waals surface area contributed by atoms with Crippen LogP contribution in [0.1, 0.15) is 31.1 Å². The van der Waals surface area contributed by atoms with E-state index in [0.717, 1.165) is 6.07 Å². The molecule has 0 fully saturated rings.